The SMILES string of the molecule is IC=CI.O=C(O)O. The summed E-state index contributed by atoms with van der Waals surface area (Å²) in [7, 11) is 0. The maximum Gasteiger partial charge on any atom is 0.503 e. The van der Waals surface area contributed by atoms with Gasteiger partial charge in [0, 0.05) is 0 Å². The summed E-state index contributed by atoms with van der Waals surface area (Å²) < 4.78 is 3.91. The molecular formula is C3H4I2O3. The second-order valence-electron chi connectivity index (χ2n) is 0.535. The fourth-order valence-electron chi connectivity index (χ4n) is 0. The van der Waals surface area contributed by atoms with Gasteiger partial charge in [0.25, 0.3) is 0 Å². The lowest BCUT2D eigenvalue weighted by molar-refractivity contribution is 0.137. The van der Waals surface area contributed by atoms with E-state index < -0.39 is 6.16 Å². The van der Waals surface area contributed by atoms with E-state index in [0.717, 1.165) is 0 Å². The molecule has 0 bridgehead atoms. The number of halogens is 2. The molecule has 0 fully saturated rings. The fraction of sp³-hybridized carbons (Fsp3) is 0. The van der Waals surface area contributed by atoms with Crippen LogP contribution in [0, 0.1) is 0 Å². The molecular weight excluding hydrogens is 338 g/mol. The van der Waals surface area contributed by atoms with Crippen molar-refractivity contribution in [3.63, 3.8) is 0 Å². The summed E-state index contributed by atoms with van der Waals surface area (Å²) in [5.41, 5.74) is 0. The maximum absolute atomic E-state index is 8.56. The zero-order chi connectivity index (χ0) is 6.99. The molecule has 8 heavy (non-hydrogen) atoms. The van der Waals surface area contributed by atoms with Gasteiger partial charge >= 0.3 is 6.16 Å². The van der Waals surface area contributed by atoms with Crippen LogP contribution in [-0.2, 0) is 0 Å². The largest absolute Gasteiger partial charge is 0.503 e. The minimum atomic E-state index is -1.83. The third kappa shape index (κ3) is 89.6. The molecule has 0 amide bonds. The van der Waals surface area contributed by atoms with E-state index in [9.17, 15) is 0 Å². The molecule has 0 saturated carbocycles. The molecule has 5 heteroatoms. The molecule has 0 aromatic carbocycles. The van der Waals surface area contributed by atoms with Gasteiger partial charge in [-0.25, -0.2) is 4.79 Å². The van der Waals surface area contributed by atoms with E-state index in [-0.39, 0.29) is 0 Å². The Morgan fingerprint density at radius 3 is 1.38 bits per heavy atom. The van der Waals surface area contributed by atoms with Crippen LogP contribution in [0.25, 0.3) is 0 Å². The molecule has 0 aromatic rings. The van der Waals surface area contributed by atoms with Crippen molar-refractivity contribution >= 4 is 51.3 Å². The highest BCUT2D eigenvalue weighted by atomic mass is 127. The first-order valence-electron chi connectivity index (χ1n) is 1.42. The van der Waals surface area contributed by atoms with Gasteiger partial charge in [-0.2, -0.15) is 0 Å². The number of rotatable bonds is 0. The van der Waals surface area contributed by atoms with Gasteiger partial charge < -0.3 is 10.2 Å². The fourth-order valence-corrected chi connectivity index (χ4v) is 0. The average Bonchev–Trinajstić information content (AvgIpc) is 1.65. The topological polar surface area (TPSA) is 57.5 Å². The van der Waals surface area contributed by atoms with Crippen LogP contribution < -0.4 is 0 Å². The zero-order valence-electron chi connectivity index (χ0n) is 3.71. The standard InChI is InChI=1S/C2H2I2.CH2O3/c3-1-2-4;2-1(3)4/h1-2H;(H2,2,3,4). The molecule has 0 aromatic heterocycles. The monoisotopic (exact) mass is 342 g/mol. The summed E-state index contributed by atoms with van der Waals surface area (Å²) in [6.45, 7) is 0. The van der Waals surface area contributed by atoms with Crippen LogP contribution in [0.5, 0.6) is 0 Å². The highest BCUT2D eigenvalue weighted by molar-refractivity contribution is 14.1. The Morgan fingerprint density at radius 1 is 1.25 bits per heavy atom. The van der Waals surface area contributed by atoms with E-state index in [0.29, 0.717) is 0 Å². The third-order valence-corrected chi connectivity index (χ3v) is 2.14. The van der Waals surface area contributed by atoms with Crippen LogP contribution in [0.2, 0.25) is 0 Å². The van der Waals surface area contributed by atoms with Crippen molar-refractivity contribution in [2.24, 2.45) is 0 Å². The normalized spacial score (nSPS) is 7.75. The molecule has 0 aliphatic rings. The Morgan fingerprint density at radius 2 is 1.38 bits per heavy atom. The molecule has 2 N–H and O–H groups in total. The van der Waals surface area contributed by atoms with E-state index >= 15 is 0 Å². The van der Waals surface area contributed by atoms with Gasteiger partial charge in [-0.3, -0.25) is 0 Å². The van der Waals surface area contributed by atoms with Gasteiger partial charge in [0.1, 0.15) is 0 Å². The first kappa shape index (κ1) is 11.3. The van der Waals surface area contributed by atoms with Gasteiger partial charge in [-0.1, -0.05) is 45.2 Å². The zero-order valence-corrected chi connectivity index (χ0v) is 8.03. The number of carbonyl (C=O) groups is 1. The van der Waals surface area contributed by atoms with Crippen LogP contribution in [0.15, 0.2) is 8.17 Å². The minimum Gasteiger partial charge on any atom is -0.450 e. The van der Waals surface area contributed by atoms with Crippen LogP contribution >= 0.6 is 45.2 Å². The van der Waals surface area contributed by atoms with Crippen molar-refractivity contribution in [2.75, 3.05) is 0 Å². The van der Waals surface area contributed by atoms with Gasteiger partial charge in [-0.05, 0) is 8.17 Å². The van der Waals surface area contributed by atoms with E-state index in [4.69, 9.17) is 15.0 Å². The molecule has 0 radical (unpaired) electrons. The van der Waals surface area contributed by atoms with Crippen molar-refractivity contribution in [2.45, 2.75) is 0 Å². The second kappa shape index (κ2) is 10.5. The Kier molecular flexibility index (Phi) is 14.7. The van der Waals surface area contributed by atoms with Crippen molar-refractivity contribution < 1.29 is 15.0 Å². The summed E-state index contributed by atoms with van der Waals surface area (Å²) in [6, 6.07) is 0. The highest BCUT2D eigenvalue weighted by Gasteiger charge is 1.70. The average molecular weight is 342 g/mol. The first-order chi connectivity index (χ1) is 3.65. The Hall–Kier alpha value is 0.470. The smallest absolute Gasteiger partial charge is 0.450 e. The molecule has 0 spiro atoms. The molecule has 0 unspecified atom stereocenters. The molecule has 3 nitrogen and oxygen atoms in total. The predicted molar refractivity (Wildman–Crippen MR) is 47.8 cm³/mol. The maximum atomic E-state index is 8.56. The quantitative estimate of drug-likeness (QED) is 0.666. The molecule has 0 heterocycles. The Bertz CT molecular complexity index is 72.6. The van der Waals surface area contributed by atoms with Crippen LogP contribution in [0.3, 0.4) is 0 Å². The summed E-state index contributed by atoms with van der Waals surface area (Å²) in [5.74, 6) is 0. The molecule has 0 saturated heterocycles. The lowest BCUT2D eigenvalue weighted by Crippen LogP contribution is -1.81. The molecule has 0 rings (SSSR count). The summed E-state index contributed by atoms with van der Waals surface area (Å²) >= 11 is 4.33. The minimum absolute atomic E-state index is 1.83. The van der Waals surface area contributed by atoms with Crippen LogP contribution in [-0.4, -0.2) is 16.4 Å². The van der Waals surface area contributed by atoms with Crippen molar-refractivity contribution in [3.8, 4) is 0 Å². The van der Waals surface area contributed by atoms with Crippen LogP contribution in [0.1, 0.15) is 0 Å². The van der Waals surface area contributed by atoms with Crippen LogP contribution in [0.4, 0.5) is 4.79 Å². The van der Waals surface area contributed by atoms with Crippen molar-refractivity contribution in [3.05, 3.63) is 8.17 Å². The van der Waals surface area contributed by atoms with E-state index in [1.165, 1.54) is 0 Å². The van der Waals surface area contributed by atoms with E-state index in [1.807, 2.05) is 8.17 Å². The van der Waals surface area contributed by atoms with Gasteiger partial charge in [0.15, 0.2) is 0 Å². The van der Waals surface area contributed by atoms with Crippen molar-refractivity contribution in [1.82, 2.24) is 0 Å². The number of carboxylic acid groups (broad SMARTS) is 2. The summed E-state index contributed by atoms with van der Waals surface area (Å²) in [4.78, 5) is 8.56. The Balaban J connectivity index is 0. The highest BCUT2D eigenvalue weighted by Crippen LogP contribution is 1.88. The Labute approximate surface area is 74.1 Å². The second-order valence-corrected chi connectivity index (χ2v) is 1.97. The third-order valence-electron chi connectivity index (χ3n) is 0.0476. The summed E-state index contributed by atoms with van der Waals surface area (Å²) in [6.07, 6.45) is -1.83. The lowest BCUT2D eigenvalue weighted by Gasteiger charge is -1.60. The molecule has 0 aliphatic heterocycles. The van der Waals surface area contributed by atoms with E-state index in [1.54, 1.807) is 0 Å². The number of hydrogen-bond donors (Lipinski definition) is 2. The van der Waals surface area contributed by atoms with Gasteiger partial charge in [0.05, 0.1) is 0 Å². The summed E-state index contributed by atoms with van der Waals surface area (Å²) in [5, 5.41) is 13.9. The van der Waals surface area contributed by atoms with Gasteiger partial charge in [0.2, 0.25) is 0 Å². The number of hydrogen-bond acceptors (Lipinski definition) is 1. The molecule has 0 atom stereocenters. The molecule has 0 aliphatic carbocycles. The molecule has 48 valence electrons. The van der Waals surface area contributed by atoms with Gasteiger partial charge in [-0.15, -0.1) is 0 Å². The first-order valence-corrected chi connectivity index (χ1v) is 3.91. The lowest BCUT2D eigenvalue weighted by atomic mass is 11.3. The predicted octanol–water partition coefficient (Wildman–Crippen LogP) is 2.55. The van der Waals surface area contributed by atoms with Crippen molar-refractivity contribution in [1.29, 1.82) is 0 Å². The van der Waals surface area contributed by atoms with E-state index in [2.05, 4.69) is 45.2 Å².